The largest absolute Gasteiger partial charge is 0.456 e. The smallest absolute Gasteiger partial charge is 0.140 e. The van der Waals surface area contributed by atoms with Crippen molar-refractivity contribution in [3.63, 3.8) is 0 Å². The number of para-hydroxylation sites is 1. The molecule has 0 bridgehead atoms. The van der Waals surface area contributed by atoms with Gasteiger partial charge in [0.1, 0.15) is 11.5 Å². The Labute approximate surface area is 107 Å². The van der Waals surface area contributed by atoms with Gasteiger partial charge in [0, 0.05) is 11.1 Å². The topological polar surface area (TPSA) is 29.5 Å². The summed E-state index contributed by atoms with van der Waals surface area (Å²) in [6, 6.07) is 13.4. The minimum atomic E-state index is -0.0523. The summed E-state index contributed by atoms with van der Waals surface area (Å²) in [6.07, 6.45) is 1.76. The average molecular weight is 240 g/mol. The number of hydrogen-bond donors (Lipinski definition) is 1. The summed E-state index contributed by atoms with van der Waals surface area (Å²) in [6.45, 7) is 5.75. The molecule has 0 amide bonds. The van der Waals surface area contributed by atoms with Gasteiger partial charge in [-0.05, 0) is 24.6 Å². The van der Waals surface area contributed by atoms with Gasteiger partial charge in [0.25, 0.3) is 0 Å². The van der Waals surface area contributed by atoms with Crippen LogP contribution in [0.15, 0.2) is 49.0 Å². The molecule has 0 radical (unpaired) electrons. The summed E-state index contributed by atoms with van der Waals surface area (Å²) in [7, 11) is 0. The zero-order chi connectivity index (χ0) is 13.0. The molecule has 0 spiro atoms. The highest BCUT2D eigenvalue weighted by atomic mass is 16.5. The van der Waals surface area contributed by atoms with E-state index in [9.17, 15) is 5.11 Å². The molecule has 1 N–H and O–H groups in total. The van der Waals surface area contributed by atoms with Crippen LogP contribution in [0.5, 0.6) is 11.5 Å². The molecular weight excluding hydrogens is 224 g/mol. The Morgan fingerprint density at radius 3 is 2.50 bits per heavy atom. The van der Waals surface area contributed by atoms with E-state index in [1.165, 1.54) is 0 Å². The van der Waals surface area contributed by atoms with Crippen LogP contribution in [0.4, 0.5) is 0 Å². The predicted octanol–water partition coefficient (Wildman–Crippen LogP) is 3.92. The summed E-state index contributed by atoms with van der Waals surface area (Å²) in [5.74, 6) is 1.43. The normalized spacial score (nSPS) is 10.1. The first-order valence-electron chi connectivity index (χ1n) is 5.85. The van der Waals surface area contributed by atoms with E-state index in [1.807, 2.05) is 49.4 Å². The number of rotatable bonds is 4. The van der Waals surface area contributed by atoms with Crippen LogP contribution >= 0.6 is 0 Å². The molecular formula is C16H16O2. The Kier molecular flexibility index (Phi) is 3.80. The SMILES string of the molecule is C=Cc1c(C)ccc(CO)c1Oc1ccccc1. The van der Waals surface area contributed by atoms with Crippen LogP contribution in [0.25, 0.3) is 6.08 Å². The first-order chi connectivity index (χ1) is 8.76. The Bertz CT molecular complexity index is 545. The molecule has 0 aromatic heterocycles. The van der Waals surface area contributed by atoms with Crippen molar-refractivity contribution < 1.29 is 9.84 Å². The summed E-state index contributed by atoms with van der Waals surface area (Å²) in [5, 5.41) is 9.39. The number of aliphatic hydroxyl groups excluding tert-OH is 1. The highest BCUT2D eigenvalue weighted by Crippen LogP contribution is 2.32. The van der Waals surface area contributed by atoms with Crippen molar-refractivity contribution in [3.8, 4) is 11.5 Å². The van der Waals surface area contributed by atoms with E-state index in [4.69, 9.17) is 4.74 Å². The highest BCUT2D eigenvalue weighted by molar-refractivity contribution is 5.63. The minimum Gasteiger partial charge on any atom is -0.456 e. The summed E-state index contributed by atoms with van der Waals surface area (Å²) in [5.41, 5.74) is 2.76. The van der Waals surface area contributed by atoms with Crippen LogP contribution in [-0.2, 0) is 6.61 Å². The van der Waals surface area contributed by atoms with Gasteiger partial charge in [0.05, 0.1) is 6.61 Å². The first-order valence-corrected chi connectivity index (χ1v) is 5.85. The maximum Gasteiger partial charge on any atom is 0.140 e. The van der Waals surface area contributed by atoms with Gasteiger partial charge in [-0.3, -0.25) is 0 Å². The van der Waals surface area contributed by atoms with Gasteiger partial charge in [0.2, 0.25) is 0 Å². The lowest BCUT2D eigenvalue weighted by Crippen LogP contribution is -1.96. The van der Waals surface area contributed by atoms with Crippen LogP contribution in [0.1, 0.15) is 16.7 Å². The number of aryl methyl sites for hydroxylation is 1. The molecule has 92 valence electrons. The Hall–Kier alpha value is -2.06. The summed E-state index contributed by atoms with van der Waals surface area (Å²) in [4.78, 5) is 0. The standard InChI is InChI=1S/C16H16O2/c1-3-15-12(2)9-10-13(11-17)16(15)18-14-7-5-4-6-8-14/h3-10,17H,1,11H2,2H3. The molecule has 0 fully saturated rings. The van der Waals surface area contributed by atoms with Crippen LogP contribution < -0.4 is 4.74 Å². The molecule has 2 nitrogen and oxygen atoms in total. The van der Waals surface area contributed by atoms with Crippen molar-refractivity contribution in [3.05, 3.63) is 65.7 Å². The fourth-order valence-corrected chi connectivity index (χ4v) is 1.85. The third kappa shape index (κ3) is 2.44. The van der Waals surface area contributed by atoms with E-state index in [1.54, 1.807) is 6.08 Å². The zero-order valence-corrected chi connectivity index (χ0v) is 10.4. The molecule has 0 aliphatic carbocycles. The third-order valence-electron chi connectivity index (χ3n) is 2.83. The zero-order valence-electron chi connectivity index (χ0n) is 10.4. The van der Waals surface area contributed by atoms with Crippen molar-refractivity contribution >= 4 is 6.08 Å². The summed E-state index contributed by atoms with van der Waals surface area (Å²) < 4.78 is 5.87. The molecule has 0 unspecified atom stereocenters. The van der Waals surface area contributed by atoms with Gasteiger partial charge >= 0.3 is 0 Å². The van der Waals surface area contributed by atoms with E-state index in [0.717, 1.165) is 22.4 Å². The maximum atomic E-state index is 9.39. The van der Waals surface area contributed by atoms with Gasteiger partial charge in [-0.1, -0.05) is 43.0 Å². The molecule has 0 aliphatic rings. The Balaban J connectivity index is 2.48. The Morgan fingerprint density at radius 2 is 1.89 bits per heavy atom. The predicted molar refractivity (Wildman–Crippen MR) is 73.7 cm³/mol. The van der Waals surface area contributed by atoms with E-state index >= 15 is 0 Å². The number of aliphatic hydroxyl groups is 1. The lowest BCUT2D eigenvalue weighted by Gasteiger charge is -2.14. The maximum absolute atomic E-state index is 9.39. The second-order valence-electron chi connectivity index (χ2n) is 4.06. The van der Waals surface area contributed by atoms with E-state index in [2.05, 4.69) is 6.58 Å². The quantitative estimate of drug-likeness (QED) is 0.877. The van der Waals surface area contributed by atoms with Crippen molar-refractivity contribution in [1.82, 2.24) is 0 Å². The lowest BCUT2D eigenvalue weighted by atomic mass is 10.0. The molecule has 0 saturated heterocycles. The van der Waals surface area contributed by atoms with Gasteiger partial charge in [-0.25, -0.2) is 0 Å². The molecule has 2 rings (SSSR count). The molecule has 0 aliphatic heterocycles. The second kappa shape index (κ2) is 5.52. The fraction of sp³-hybridized carbons (Fsp3) is 0.125. The van der Waals surface area contributed by atoms with Crippen molar-refractivity contribution in [2.75, 3.05) is 0 Å². The van der Waals surface area contributed by atoms with Gasteiger partial charge < -0.3 is 9.84 Å². The van der Waals surface area contributed by atoms with Crippen molar-refractivity contribution in [2.45, 2.75) is 13.5 Å². The number of hydrogen-bond acceptors (Lipinski definition) is 2. The third-order valence-corrected chi connectivity index (χ3v) is 2.83. The van der Waals surface area contributed by atoms with Crippen molar-refractivity contribution in [2.24, 2.45) is 0 Å². The Morgan fingerprint density at radius 1 is 1.17 bits per heavy atom. The molecule has 2 heteroatoms. The van der Waals surface area contributed by atoms with Crippen LogP contribution in [0, 0.1) is 6.92 Å². The van der Waals surface area contributed by atoms with Gasteiger partial charge in [0.15, 0.2) is 0 Å². The number of benzene rings is 2. The molecule has 0 heterocycles. The molecule has 18 heavy (non-hydrogen) atoms. The van der Waals surface area contributed by atoms with E-state index < -0.39 is 0 Å². The lowest BCUT2D eigenvalue weighted by molar-refractivity contribution is 0.276. The first kappa shape index (κ1) is 12.4. The van der Waals surface area contributed by atoms with Crippen LogP contribution in [0.2, 0.25) is 0 Å². The van der Waals surface area contributed by atoms with Crippen LogP contribution in [-0.4, -0.2) is 5.11 Å². The molecule has 2 aromatic rings. The second-order valence-corrected chi connectivity index (χ2v) is 4.06. The average Bonchev–Trinajstić information content (AvgIpc) is 2.40. The van der Waals surface area contributed by atoms with Gasteiger partial charge in [-0.2, -0.15) is 0 Å². The molecule has 0 saturated carbocycles. The fourth-order valence-electron chi connectivity index (χ4n) is 1.85. The monoisotopic (exact) mass is 240 g/mol. The highest BCUT2D eigenvalue weighted by Gasteiger charge is 2.10. The van der Waals surface area contributed by atoms with E-state index in [0.29, 0.717) is 5.75 Å². The summed E-state index contributed by atoms with van der Waals surface area (Å²) >= 11 is 0. The minimum absolute atomic E-state index is 0.0523. The number of ether oxygens (including phenoxy) is 1. The van der Waals surface area contributed by atoms with Gasteiger partial charge in [-0.15, -0.1) is 0 Å². The van der Waals surface area contributed by atoms with E-state index in [-0.39, 0.29) is 6.61 Å². The van der Waals surface area contributed by atoms with Crippen LogP contribution in [0.3, 0.4) is 0 Å². The molecule has 2 aromatic carbocycles. The van der Waals surface area contributed by atoms with Crippen molar-refractivity contribution in [1.29, 1.82) is 0 Å². The molecule has 0 atom stereocenters.